The zero-order valence-electron chi connectivity index (χ0n) is 9.78. The van der Waals surface area contributed by atoms with Crippen LogP contribution in [0.2, 0.25) is 0 Å². The predicted molar refractivity (Wildman–Crippen MR) is 63.7 cm³/mol. The average Bonchev–Trinajstić information content (AvgIpc) is 2.24. The zero-order valence-corrected chi connectivity index (χ0v) is 10.6. The monoisotopic (exact) mass is 243 g/mol. The second-order valence-electron chi connectivity index (χ2n) is 3.61. The van der Waals surface area contributed by atoms with E-state index in [0.717, 1.165) is 18.5 Å². The first-order valence-electron chi connectivity index (χ1n) is 5.00. The highest BCUT2D eigenvalue weighted by molar-refractivity contribution is 7.90. The van der Waals surface area contributed by atoms with Gasteiger partial charge in [-0.05, 0) is 37.7 Å². The molecule has 1 N–H and O–H groups in total. The molecule has 0 aliphatic carbocycles. The van der Waals surface area contributed by atoms with Gasteiger partial charge in [-0.1, -0.05) is 6.07 Å². The molecule has 0 bridgehead atoms. The van der Waals surface area contributed by atoms with Crippen molar-refractivity contribution in [3.8, 4) is 5.75 Å². The SMILES string of the molecule is CNCCc1ccc(S(C)(=O)=O)c(OC)c1. The zero-order chi connectivity index (χ0) is 12.2. The molecule has 1 rings (SSSR count). The summed E-state index contributed by atoms with van der Waals surface area (Å²) in [7, 11) is 0.132. The van der Waals surface area contributed by atoms with Crippen LogP contribution in [0, 0.1) is 0 Å². The summed E-state index contributed by atoms with van der Waals surface area (Å²) in [4.78, 5) is 0.239. The molecule has 0 saturated heterocycles. The van der Waals surface area contributed by atoms with Crippen molar-refractivity contribution in [3.05, 3.63) is 23.8 Å². The van der Waals surface area contributed by atoms with Crippen molar-refractivity contribution in [3.63, 3.8) is 0 Å². The van der Waals surface area contributed by atoms with Crippen LogP contribution in [0.5, 0.6) is 5.75 Å². The van der Waals surface area contributed by atoms with Gasteiger partial charge in [-0.3, -0.25) is 0 Å². The van der Waals surface area contributed by atoms with Crippen LogP contribution in [0.15, 0.2) is 23.1 Å². The minimum atomic E-state index is -3.22. The lowest BCUT2D eigenvalue weighted by Crippen LogP contribution is -2.10. The van der Waals surface area contributed by atoms with Crippen molar-refractivity contribution in [2.75, 3.05) is 27.0 Å². The Morgan fingerprint density at radius 3 is 2.56 bits per heavy atom. The van der Waals surface area contributed by atoms with E-state index in [1.54, 1.807) is 12.1 Å². The van der Waals surface area contributed by atoms with E-state index in [2.05, 4.69) is 5.32 Å². The Balaban J connectivity index is 3.07. The molecular formula is C11H17NO3S. The molecule has 0 radical (unpaired) electrons. The molecule has 1 aromatic carbocycles. The lowest BCUT2D eigenvalue weighted by atomic mass is 10.1. The van der Waals surface area contributed by atoms with Crippen molar-refractivity contribution < 1.29 is 13.2 Å². The fraction of sp³-hybridized carbons (Fsp3) is 0.455. The highest BCUT2D eigenvalue weighted by Gasteiger charge is 2.14. The Kier molecular flexibility index (Phi) is 4.32. The van der Waals surface area contributed by atoms with E-state index in [-0.39, 0.29) is 4.90 Å². The van der Waals surface area contributed by atoms with Crippen LogP contribution < -0.4 is 10.1 Å². The highest BCUT2D eigenvalue weighted by Crippen LogP contribution is 2.24. The maximum atomic E-state index is 11.4. The largest absolute Gasteiger partial charge is 0.495 e. The molecule has 5 heteroatoms. The molecule has 0 saturated carbocycles. The Morgan fingerprint density at radius 1 is 1.38 bits per heavy atom. The first-order valence-corrected chi connectivity index (χ1v) is 6.89. The van der Waals surface area contributed by atoms with Crippen molar-refractivity contribution in [2.24, 2.45) is 0 Å². The summed E-state index contributed by atoms with van der Waals surface area (Å²) in [5, 5.41) is 3.04. The number of ether oxygens (including phenoxy) is 1. The van der Waals surface area contributed by atoms with E-state index in [9.17, 15) is 8.42 Å². The van der Waals surface area contributed by atoms with E-state index < -0.39 is 9.84 Å². The quantitative estimate of drug-likeness (QED) is 0.833. The van der Waals surface area contributed by atoms with Gasteiger partial charge in [0.25, 0.3) is 0 Å². The molecule has 0 heterocycles. The van der Waals surface area contributed by atoms with Gasteiger partial charge in [-0.25, -0.2) is 8.42 Å². The number of sulfone groups is 1. The van der Waals surface area contributed by atoms with Crippen molar-refractivity contribution in [1.82, 2.24) is 5.32 Å². The van der Waals surface area contributed by atoms with E-state index in [4.69, 9.17) is 4.74 Å². The summed E-state index contributed by atoms with van der Waals surface area (Å²) in [6.45, 7) is 0.849. The van der Waals surface area contributed by atoms with E-state index in [0.29, 0.717) is 5.75 Å². The fourth-order valence-corrected chi connectivity index (χ4v) is 2.27. The molecule has 0 spiro atoms. The van der Waals surface area contributed by atoms with Gasteiger partial charge in [0.15, 0.2) is 9.84 Å². The fourth-order valence-electron chi connectivity index (χ4n) is 1.44. The van der Waals surface area contributed by atoms with Crippen LogP contribution in [0.4, 0.5) is 0 Å². The molecule has 0 atom stereocenters. The minimum absolute atomic E-state index is 0.239. The van der Waals surface area contributed by atoms with E-state index in [1.807, 2.05) is 13.1 Å². The summed E-state index contributed by atoms with van der Waals surface area (Å²) in [5.74, 6) is 0.413. The number of hydrogen-bond donors (Lipinski definition) is 1. The maximum absolute atomic E-state index is 11.4. The summed E-state index contributed by atoms with van der Waals surface area (Å²) in [5.41, 5.74) is 1.05. The summed E-state index contributed by atoms with van der Waals surface area (Å²) in [6, 6.07) is 5.18. The first-order chi connectivity index (χ1) is 7.49. The van der Waals surface area contributed by atoms with Crippen LogP contribution in [0.25, 0.3) is 0 Å². The van der Waals surface area contributed by atoms with Gasteiger partial charge in [-0.15, -0.1) is 0 Å². The van der Waals surface area contributed by atoms with Crippen LogP contribution in [0.3, 0.4) is 0 Å². The number of rotatable bonds is 5. The van der Waals surface area contributed by atoms with Crippen molar-refractivity contribution >= 4 is 9.84 Å². The molecule has 0 unspecified atom stereocenters. The van der Waals surface area contributed by atoms with Gasteiger partial charge >= 0.3 is 0 Å². The third-order valence-electron chi connectivity index (χ3n) is 2.29. The van der Waals surface area contributed by atoms with Crippen LogP contribution >= 0.6 is 0 Å². The Bertz CT molecular complexity index is 454. The molecule has 0 aliphatic rings. The number of nitrogens with one attached hydrogen (secondary N) is 1. The molecule has 4 nitrogen and oxygen atoms in total. The van der Waals surface area contributed by atoms with E-state index in [1.165, 1.54) is 13.4 Å². The number of methoxy groups -OCH3 is 1. The highest BCUT2D eigenvalue weighted by atomic mass is 32.2. The second-order valence-corrected chi connectivity index (χ2v) is 5.60. The molecule has 1 aromatic rings. The summed E-state index contributed by atoms with van der Waals surface area (Å²) >= 11 is 0. The molecule has 90 valence electrons. The Labute approximate surface area is 96.5 Å². The predicted octanol–water partition coefficient (Wildman–Crippen LogP) is 0.861. The van der Waals surface area contributed by atoms with Gasteiger partial charge < -0.3 is 10.1 Å². The summed E-state index contributed by atoms with van der Waals surface area (Å²) in [6.07, 6.45) is 2.02. The average molecular weight is 243 g/mol. The molecule has 16 heavy (non-hydrogen) atoms. The standard InChI is InChI=1S/C11H17NO3S/c1-12-7-6-9-4-5-11(16(3,13)14)10(8-9)15-2/h4-5,8,12H,6-7H2,1-3H3. The van der Waals surface area contributed by atoms with Crippen molar-refractivity contribution in [2.45, 2.75) is 11.3 Å². The molecule has 0 aromatic heterocycles. The van der Waals surface area contributed by atoms with E-state index >= 15 is 0 Å². The van der Waals surface area contributed by atoms with Crippen molar-refractivity contribution in [1.29, 1.82) is 0 Å². The smallest absolute Gasteiger partial charge is 0.179 e. The minimum Gasteiger partial charge on any atom is -0.495 e. The normalized spacial score (nSPS) is 11.4. The van der Waals surface area contributed by atoms with Gasteiger partial charge in [0.1, 0.15) is 10.6 Å². The van der Waals surface area contributed by atoms with Gasteiger partial charge in [-0.2, -0.15) is 0 Å². The number of benzene rings is 1. The van der Waals surface area contributed by atoms with Crippen LogP contribution in [-0.4, -0.2) is 35.4 Å². The van der Waals surface area contributed by atoms with Gasteiger partial charge in [0, 0.05) is 6.26 Å². The molecule has 0 fully saturated rings. The number of likely N-dealkylation sites (N-methyl/N-ethyl adjacent to an activating group) is 1. The molecule has 0 aliphatic heterocycles. The van der Waals surface area contributed by atoms with Gasteiger partial charge in [0.2, 0.25) is 0 Å². The number of hydrogen-bond acceptors (Lipinski definition) is 4. The first kappa shape index (κ1) is 13.0. The van der Waals surface area contributed by atoms with Crippen LogP contribution in [-0.2, 0) is 16.3 Å². The van der Waals surface area contributed by atoms with Gasteiger partial charge in [0.05, 0.1) is 7.11 Å². The third kappa shape index (κ3) is 3.21. The lowest BCUT2D eigenvalue weighted by Gasteiger charge is -2.09. The molecular weight excluding hydrogens is 226 g/mol. The van der Waals surface area contributed by atoms with Crippen LogP contribution in [0.1, 0.15) is 5.56 Å². The maximum Gasteiger partial charge on any atom is 0.179 e. The Morgan fingerprint density at radius 2 is 2.06 bits per heavy atom. The molecule has 0 amide bonds. The second kappa shape index (κ2) is 5.32. The topological polar surface area (TPSA) is 55.4 Å². The summed E-state index contributed by atoms with van der Waals surface area (Å²) < 4.78 is 28.0. The third-order valence-corrected chi connectivity index (χ3v) is 3.43. The lowest BCUT2D eigenvalue weighted by molar-refractivity contribution is 0.402. The Hall–Kier alpha value is -1.07.